The summed E-state index contributed by atoms with van der Waals surface area (Å²) in [5.74, 6) is -0.500. The van der Waals surface area contributed by atoms with Gasteiger partial charge in [0.05, 0.1) is 0 Å². The second-order valence-electron chi connectivity index (χ2n) is 2.33. The van der Waals surface area contributed by atoms with Crippen LogP contribution >= 0.6 is 15.9 Å². The minimum absolute atomic E-state index is 0.391. The van der Waals surface area contributed by atoms with Gasteiger partial charge < -0.3 is 5.73 Å². The van der Waals surface area contributed by atoms with Gasteiger partial charge in [-0.15, -0.1) is 0 Å². The highest BCUT2D eigenvalue weighted by Crippen LogP contribution is 2.10. The minimum atomic E-state index is -0.854. The van der Waals surface area contributed by atoms with Crippen LogP contribution in [0.25, 0.3) is 0 Å². The van der Waals surface area contributed by atoms with Gasteiger partial charge >= 0.3 is 6.03 Å². The van der Waals surface area contributed by atoms with E-state index in [2.05, 4.69) is 15.9 Å². The molecular weight excluding hydrogens is 236 g/mol. The van der Waals surface area contributed by atoms with Crippen LogP contribution < -0.4 is 11.1 Å². The molecule has 0 saturated heterocycles. The lowest BCUT2D eigenvalue weighted by atomic mass is 10.2. The first-order valence-electron chi connectivity index (χ1n) is 3.46. The van der Waals surface area contributed by atoms with E-state index in [1.165, 1.54) is 0 Å². The van der Waals surface area contributed by atoms with Crippen LogP contribution in [0.3, 0.4) is 0 Å². The van der Waals surface area contributed by atoms with Crippen molar-refractivity contribution < 1.29 is 9.59 Å². The van der Waals surface area contributed by atoms with Gasteiger partial charge in [-0.1, -0.05) is 15.9 Å². The van der Waals surface area contributed by atoms with E-state index in [4.69, 9.17) is 5.73 Å². The van der Waals surface area contributed by atoms with E-state index in [0.29, 0.717) is 5.56 Å². The zero-order valence-electron chi connectivity index (χ0n) is 6.58. The lowest BCUT2D eigenvalue weighted by Crippen LogP contribution is -2.34. The van der Waals surface area contributed by atoms with Crippen LogP contribution in [-0.4, -0.2) is 11.9 Å². The Morgan fingerprint density at radius 3 is 2.23 bits per heavy atom. The van der Waals surface area contributed by atoms with Crippen LogP contribution in [0, 0.1) is 0 Å². The molecule has 0 aromatic heterocycles. The Labute approximate surface area is 83.2 Å². The highest BCUT2D eigenvalue weighted by molar-refractivity contribution is 9.10. The number of urea groups is 1. The quantitative estimate of drug-likeness (QED) is 0.779. The van der Waals surface area contributed by atoms with Gasteiger partial charge in [0.15, 0.2) is 0 Å². The van der Waals surface area contributed by atoms with Crippen LogP contribution in [0.4, 0.5) is 4.79 Å². The summed E-state index contributed by atoms with van der Waals surface area (Å²) in [6.07, 6.45) is 0. The number of carbonyl (C=O) groups is 2. The molecule has 0 unspecified atom stereocenters. The number of hydrogen-bond donors (Lipinski definition) is 2. The Kier molecular flexibility index (Phi) is 3.02. The lowest BCUT2D eigenvalue weighted by Gasteiger charge is -1.99. The normalized spacial score (nSPS) is 9.31. The Hall–Kier alpha value is -1.36. The van der Waals surface area contributed by atoms with Crippen molar-refractivity contribution in [3.05, 3.63) is 34.3 Å². The zero-order valence-corrected chi connectivity index (χ0v) is 8.17. The van der Waals surface area contributed by atoms with Gasteiger partial charge in [-0.2, -0.15) is 0 Å². The highest BCUT2D eigenvalue weighted by atomic mass is 79.9. The molecule has 0 saturated carbocycles. The van der Waals surface area contributed by atoms with Crippen molar-refractivity contribution in [1.82, 2.24) is 5.32 Å². The molecule has 0 bridgehead atoms. The summed E-state index contributed by atoms with van der Waals surface area (Å²) in [5, 5.41) is 1.96. The number of nitrogens with two attached hydrogens (primary N) is 1. The number of amides is 3. The van der Waals surface area contributed by atoms with Gasteiger partial charge in [-0.25, -0.2) is 4.79 Å². The van der Waals surface area contributed by atoms with Gasteiger partial charge in [0.2, 0.25) is 0 Å². The Bertz CT molecular complexity index is 335. The predicted octanol–water partition coefficient (Wildman–Crippen LogP) is 1.26. The van der Waals surface area contributed by atoms with Crippen molar-refractivity contribution in [2.24, 2.45) is 5.73 Å². The van der Waals surface area contributed by atoms with E-state index in [-0.39, 0.29) is 0 Å². The first-order chi connectivity index (χ1) is 6.09. The molecule has 3 amide bonds. The van der Waals surface area contributed by atoms with E-state index in [1.807, 2.05) is 5.32 Å². The SMILES string of the molecule is NC(=O)NC(=O)c1ccc(Br)cc1. The van der Waals surface area contributed by atoms with Crippen LogP contribution in [0.5, 0.6) is 0 Å². The van der Waals surface area contributed by atoms with Crippen LogP contribution in [0.15, 0.2) is 28.7 Å². The van der Waals surface area contributed by atoms with E-state index in [9.17, 15) is 9.59 Å². The standard InChI is InChI=1S/C8H7BrN2O2/c9-6-3-1-5(2-4-6)7(12)11-8(10)13/h1-4H,(H3,10,11,12,13). The molecule has 0 spiro atoms. The molecule has 68 valence electrons. The Balaban J connectivity index is 2.78. The number of rotatable bonds is 1. The van der Waals surface area contributed by atoms with E-state index < -0.39 is 11.9 Å². The number of benzene rings is 1. The van der Waals surface area contributed by atoms with Crippen molar-refractivity contribution in [3.8, 4) is 0 Å². The Morgan fingerprint density at radius 1 is 1.23 bits per heavy atom. The number of imide groups is 1. The highest BCUT2D eigenvalue weighted by Gasteiger charge is 2.06. The first-order valence-corrected chi connectivity index (χ1v) is 4.25. The van der Waals surface area contributed by atoms with Crippen LogP contribution in [-0.2, 0) is 0 Å². The Morgan fingerprint density at radius 2 is 1.77 bits per heavy atom. The fraction of sp³-hybridized carbons (Fsp3) is 0. The molecule has 0 aliphatic carbocycles. The summed E-state index contributed by atoms with van der Waals surface area (Å²) in [4.78, 5) is 21.5. The molecule has 0 radical (unpaired) electrons. The third-order valence-electron chi connectivity index (χ3n) is 1.34. The maximum absolute atomic E-state index is 11.1. The van der Waals surface area contributed by atoms with Crippen molar-refractivity contribution >= 4 is 27.9 Å². The molecule has 5 heteroatoms. The molecule has 1 rings (SSSR count). The smallest absolute Gasteiger partial charge is 0.319 e. The van der Waals surface area contributed by atoms with Gasteiger partial charge in [0, 0.05) is 10.0 Å². The molecule has 13 heavy (non-hydrogen) atoms. The average molecular weight is 243 g/mol. The summed E-state index contributed by atoms with van der Waals surface area (Å²) >= 11 is 3.22. The molecule has 0 atom stereocenters. The van der Waals surface area contributed by atoms with E-state index in [0.717, 1.165) is 4.47 Å². The average Bonchev–Trinajstić information content (AvgIpc) is 2.04. The topological polar surface area (TPSA) is 72.2 Å². The summed E-state index contributed by atoms with van der Waals surface area (Å²) in [5.41, 5.74) is 5.17. The number of hydrogen-bond acceptors (Lipinski definition) is 2. The molecule has 4 nitrogen and oxygen atoms in total. The fourth-order valence-electron chi connectivity index (χ4n) is 0.785. The van der Waals surface area contributed by atoms with Crippen molar-refractivity contribution in [2.45, 2.75) is 0 Å². The molecule has 0 fully saturated rings. The second-order valence-corrected chi connectivity index (χ2v) is 3.24. The summed E-state index contributed by atoms with van der Waals surface area (Å²) in [6.45, 7) is 0. The van der Waals surface area contributed by atoms with Gasteiger partial charge in [0.25, 0.3) is 5.91 Å². The van der Waals surface area contributed by atoms with Crippen molar-refractivity contribution in [3.63, 3.8) is 0 Å². The van der Waals surface area contributed by atoms with Crippen molar-refractivity contribution in [1.29, 1.82) is 0 Å². The summed E-state index contributed by atoms with van der Waals surface area (Å²) < 4.78 is 0.864. The lowest BCUT2D eigenvalue weighted by molar-refractivity contribution is 0.0966. The molecule has 0 aliphatic rings. The third kappa shape index (κ3) is 2.87. The van der Waals surface area contributed by atoms with Gasteiger partial charge in [-0.05, 0) is 24.3 Å². The minimum Gasteiger partial charge on any atom is -0.351 e. The third-order valence-corrected chi connectivity index (χ3v) is 1.87. The number of primary amides is 1. The first kappa shape index (κ1) is 9.73. The fourth-order valence-corrected chi connectivity index (χ4v) is 1.05. The van der Waals surface area contributed by atoms with Crippen LogP contribution in [0.2, 0.25) is 0 Å². The van der Waals surface area contributed by atoms with E-state index in [1.54, 1.807) is 24.3 Å². The molecule has 0 aliphatic heterocycles. The number of halogens is 1. The summed E-state index contributed by atoms with van der Waals surface area (Å²) in [7, 11) is 0. The predicted molar refractivity (Wildman–Crippen MR) is 51.2 cm³/mol. The monoisotopic (exact) mass is 242 g/mol. The van der Waals surface area contributed by atoms with Gasteiger partial charge in [-0.3, -0.25) is 10.1 Å². The zero-order chi connectivity index (χ0) is 9.84. The molecule has 3 N–H and O–H groups in total. The molecule has 1 aromatic rings. The number of nitrogens with one attached hydrogen (secondary N) is 1. The number of carbonyl (C=O) groups excluding carboxylic acids is 2. The molecular formula is C8H7BrN2O2. The molecule has 0 heterocycles. The van der Waals surface area contributed by atoms with Gasteiger partial charge in [0.1, 0.15) is 0 Å². The summed E-state index contributed by atoms with van der Waals surface area (Å²) in [6, 6.07) is 5.73. The van der Waals surface area contributed by atoms with E-state index >= 15 is 0 Å². The van der Waals surface area contributed by atoms with Crippen LogP contribution in [0.1, 0.15) is 10.4 Å². The van der Waals surface area contributed by atoms with Crippen molar-refractivity contribution in [2.75, 3.05) is 0 Å². The maximum Gasteiger partial charge on any atom is 0.319 e. The second kappa shape index (κ2) is 4.04. The molecule has 1 aromatic carbocycles. The largest absolute Gasteiger partial charge is 0.351 e. The maximum atomic E-state index is 11.1.